The number of nitrogens with zero attached hydrogens (tertiary/aromatic N) is 2. The summed E-state index contributed by atoms with van der Waals surface area (Å²) in [7, 11) is 1.96. The van der Waals surface area contributed by atoms with Crippen LogP contribution in [-0.2, 0) is 6.42 Å². The predicted octanol–water partition coefficient (Wildman–Crippen LogP) is 3.35. The number of halogens is 1. The standard InChI is InChI=1S/C12H16BrN3OS/c1-7(2)9(14-3)5-11-15-12(16-17-11)10-4-8(13)6-18-10/h4,6-7,9,14H,5H2,1-3H3. The van der Waals surface area contributed by atoms with Crippen LogP contribution in [0, 0.1) is 5.92 Å². The van der Waals surface area contributed by atoms with Gasteiger partial charge in [-0.15, -0.1) is 11.3 Å². The van der Waals surface area contributed by atoms with Crippen LogP contribution in [0.1, 0.15) is 19.7 Å². The Labute approximate surface area is 119 Å². The van der Waals surface area contributed by atoms with Crippen LogP contribution in [0.25, 0.3) is 10.7 Å². The van der Waals surface area contributed by atoms with Gasteiger partial charge in [-0.1, -0.05) is 19.0 Å². The molecule has 0 aliphatic heterocycles. The third-order valence-electron chi connectivity index (χ3n) is 2.83. The molecule has 0 spiro atoms. The first-order chi connectivity index (χ1) is 8.60. The molecule has 0 saturated carbocycles. The Morgan fingerprint density at radius 2 is 2.28 bits per heavy atom. The molecule has 0 saturated heterocycles. The number of hydrogen-bond donors (Lipinski definition) is 1. The van der Waals surface area contributed by atoms with Gasteiger partial charge < -0.3 is 9.84 Å². The Hall–Kier alpha value is -0.720. The third kappa shape index (κ3) is 3.18. The molecule has 4 nitrogen and oxygen atoms in total. The molecule has 2 rings (SSSR count). The van der Waals surface area contributed by atoms with Crippen molar-refractivity contribution in [3.8, 4) is 10.7 Å². The van der Waals surface area contributed by atoms with Crippen molar-refractivity contribution in [1.29, 1.82) is 0 Å². The number of thiophene rings is 1. The quantitative estimate of drug-likeness (QED) is 0.913. The van der Waals surface area contributed by atoms with Gasteiger partial charge in [-0.3, -0.25) is 0 Å². The summed E-state index contributed by atoms with van der Waals surface area (Å²) in [4.78, 5) is 5.45. The molecule has 1 atom stereocenters. The van der Waals surface area contributed by atoms with E-state index in [1.165, 1.54) is 0 Å². The second-order valence-electron chi connectivity index (χ2n) is 4.48. The van der Waals surface area contributed by atoms with E-state index in [1.807, 2.05) is 18.5 Å². The molecule has 1 N–H and O–H groups in total. The summed E-state index contributed by atoms with van der Waals surface area (Å²) >= 11 is 5.02. The van der Waals surface area contributed by atoms with Crippen LogP contribution >= 0.6 is 27.3 Å². The van der Waals surface area contributed by atoms with Crippen molar-refractivity contribution < 1.29 is 4.52 Å². The van der Waals surface area contributed by atoms with Crippen molar-refractivity contribution >= 4 is 27.3 Å². The van der Waals surface area contributed by atoms with Crippen molar-refractivity contribution in [1.82, 2.24) is 15.5 Å². The summed E-state index contributed by atoms with van der Waals surface area (Å²) < 4.78 is 6.35. The molecule has 2 aromatic rings. The van der Waals surface area contributed by atoms with Gasteiger partial charge >= 0.3 is 0 Å². The van der Waals surface area contributed by atoms with Gasteiger partial charge in [0, 0.05) is 22.3 Å². The first-order valence-corrected chi connectivity index (χ1v) is 7.51. The first-order valence-electron chi connectivity index (χ1n) is 5.84. The maximum atomic E-state index is 5.30. The van der Waals surface area contributed by atoms with Crippen LogP contribution in [0.2, 0.25) is 0 Å². The largest absolute Gasteiger partial charge is 0.339 e. The minimum atomic E-state index is 0.355. The monoisotopic (exact) mass is 329 g/mol. The second kappa shape index (κ2) is 5.95. The van der Waals surface area contributed by atoms with E-state index in [-0.39, 0.29) is 0 Å². The summed E-state index contributed by atoms with van der Waals surface area (Å²) in [6.07, 6.45) is 0.758. The Balaban J connectivity index is 2.11. The van der Waals surface area contributed by atoms with Crippen molar-refractivity contribution in [2.75, 3.05) is 7.05 Å². The molecule has 98 valence electrons. The zero-order valence-corrected chi connectivity index (χ0v) is 13.0. The molecular weight excluding hydrogens is 314 g/mol. The lowest BCUT2D eigenvalue weighted by atomic mass is 10.0. The number of aromatic nitrogens is 2. The summed E-state index contributed by atoms with van der Waals surface area (Å²) in [5.74, 6) is 1.88. The lowest BCUT2D eigenvalue weighted by molar-refractivity contribution is 0.335. The average molecular weight is 330 g/mol. The average Bonchev–Trinajstić information content (AvgIpc) is 2.94. The fraction of sp³-hybridized carbons (Fsp3) is 0.500. The zero-order valence-electron chi connectivity index (χ0n) is 10.6. The molecule has 0 fully saturated rings. The van der Waals surface area contributed by atoms with E-state index < -0.39 is 0 Å². The molecule has 1 unspecified atom stereocenters. The lowest BCUT2D eigenvalue weighted by Gasteiger charge is -2.17. The predicted molar refractivity (Wildman–Crippen MR) is 76.7 cm³/mol. The maximum absolute atomic E-state index is 5.30. The minimum Gasteiger partial charge on any atom is -0.339 e. The highest BCUT2D eigenvalue weighted by atomic mass is 79.9. The van der Waals surface area contributed by atoms with Gasteiger partial charge in [0.1, 0.15) is 0 Å². The number of nitrogens with one attached hydrogen (secondary N) is 1. The molecule has 2 heterocycles. The molecule has 6 heteroatoms. The zero-order chi connectivity index (χ0) is 13.1. The number of likely N-dealkylation sites (N-methyl/N-ethyl adjacent to an activating group) is 1. The van der Waals surface area contributed by atoms with Gasteiger partial charge in [-0.05, 0) is 35.0 Å². The molecule has 0 bridgehead atoms. The SMILES string of the molecule is CNC(Cc1nc(-c2cc(Br)cs2)no1)C(C)C. The van der Waals surface area contributed by atoms with Crippen LogP contribution in [0.5, 0.6) is 0 Å². The highest BCUT2D eigenvalue weighted by Gasteiger charge is 2.17. The minimum absolute atomic E-state index is 0.355. The first kappa shape index (κ1) is 13.7. The molecule has 0 aliphatic carbocycles. The fourth-order valence-electron chi connectivity index (χ4n) is 1.73. The molecule has 0 aliphatic rings. The number of hydrogen-bond acceptors (Lipinski definition) is 5. The van der Waals surface area contributed by atoms with E-state index in [1.54, 1.807) is 11.3 Å². The molecule has 2 aromatic heterocycles. The van der Waals surface area contributed by atoms with Gasteiger partial charge in [-0.2, -0.15) is 4.98 Å². The van der Waals surface area contributed by atoms with E-state index >= 15 is 0 Å². The molecule has 0 radical (unpaired) electrons. The van der Waals surface area contributed by atoms with Gasteiger partial charge in [0.25, 0.3) is 0 Å². The smallest absolute Gasteiger partial charge is 0.228 e. The molecular formula is C12H16BrN3OS. The second-order valence-corrected chi connectivity index (χ2v) is 6.31. The van der Waals surface area contributed by atoms with Crippen molar-refractivity contribution in [3.05, 3.63) is 21.8 Å². The Morgan fingerprint density at radius 3 is 2.83 bits per heavy atom. The molecule has 18 heavy (non-hydrogen) atoms. The van der Waals surface area contributed by atoms with Gasteiger partial charge in [0.05, 0.1) is 4.88 Å². The topological polar surface area (TPSA) is 51.0 Å². The van der Waals surface area contributed by atoms with Crippen molar-refractivity contribution in [3.63, 3.8) is 0 Å². The Kier molecular flexibility index (Phi) is 4.53. The number of rotatable bonds is 5. The van der Waals surface area contributed by atoms with Crippen LogP contribution in [-0.4, -0.2) is 23.2 Å². The summed E-state index contributed by atoms with van der Waals surface area (Å²) in [5.41, 5.74) is 0. The van der Waals surface area contributed by atoms with Crippen molar-refractivity contribution in [2.45, 2.75) is 26.3 Å². The van der Waals surface area contributed by atoms with E-state index in [9.17, 15) is 0 Å². The van der Waals surface area contributed by atoms with E-state index in [0.29, 0.717) is 23.7 Å². The Bertz CT molecular complexity index is 509. The maximum Gasteiger partial charge on any atom is 0.228 e. The van der Waals surface area contributed by atoms with E-state index in [2.05, 4.69) is 45.2 Å². The Morgan fingerprint density at radius 1 is 1.50 bits per heavy atom. The third-order valence-corrected chi connectivity index (χ3v) is 4.51. The lowest BCUT2D eigenvalue weighted by Crippen LogP contribution is -2.32. The van der Waals surface area contributed by atoms with E-state index in [0.717, 1.165) is 15.8 Å². The summed E-state index contributed by atoms with van der Waals surface area (Å²) in [6, 6.07) is 2.35. The van der Waals surface area contributed by atoms with Gasteiger partial charge in [-0.25, -0.2) is 0 Å². The van der Waals surface area contributed by atoms with Crippen LogP contribution in [0.3, 0.4) is 0 Å². The highest BCUT2D eigenvalue weighted by molar-refractivity contribution is 9.10. The molecule has 0 aromatic carbocycles. The summed E-state index contributed by atoms with van der Waals surface area (Å²) in [5, 5.41) is 9.30. The fourth-order valence-corrected chi connectivity index (χ4v) is 3.08. The molecule has 0 amide bonds. The van der Waals surface area contributed by atoms with E-state index in [4.69, 9.17) is 4.52 Å². The van der Waals surface area contributed by atoms with Crippen LogP contribution in [0.15, 0.2) is 20.4 Å². The van der Waals surface area contributed by atoms with Crippen molar-refractivity contribution in [2.24, 2.45) is 5.92 Å². The van der Waals surface area contributed by atoms with Crippen LogP contribution < -0.4 is 5.32 Å². The van der Waals surface area contributed by atoms with Gasteiger partial charge in [0.15, 0.2) is 0 Å². The van der Waals surface area contributed by atoms with Crippen LogP contribution in [0.4, 0.5) is 0 Å². The highest BCUT2D eigenvalue weighted by Crippen LogP contribution is 2.27. The normalized spacial score (nSPS) is 13.2. The summed E-state index contributed by atoms with van der Waals surface area (Å²) in [6.45, 7) is 4.35. The van der Waals surface area contributed by atoms with Gasteiger partial charge in [0.2, 0.25) is 11.7 Å².